The molecule has 0 rings (SSSR count). The average Bonchev–Trinajstić information content (AvgIpc) is 2.30. The maximum atomic E-state index is 11.9. The van der Waals surface area contributed by atoms with Crippen molar-refractivity contribution in [2.75, 3.05) is 14.1 Å². The Morgan fingerprint density at radius 2 is 1.25 bits per heavy atom. The van der Waals surface area contributed by atoms with Crippen molar-refractivity contribution in [1.82, 2.24) is 9.80 Å². The lowest BCUT2D eigenvalue weighted by Gasteiger charge is -2.36. The molecule has 0 radical (unpaired) electrons. The third-order valence-corrected chi connectivity index (χ3v) is 3.04. The number of amides is 2. The van der Waals surface area contributed by atoms with Gasteiger partial charge in [0, 0.05) is 25.9 Å². The topological polar surface area (TPSA) is 107 Å². The summed E-state index contributed by atoms with van der Waals surface area (Å²) in [7, 11) is -2.20. The van der Waals surface area contributed by atoms with Gasteiger partial charge in [0.25, 0.3) is 0 Å². The zero-order valence-electron chi connectivity index (χ0n) is 12.6. The summed E-state index contributed by atoms with van der Waals surface area (Å²) in [5.41, 5.74) is 0. The molecule has 0 spiro atoms. The van der Waals surface area contributed by atoms with Crippen LogP contribution in [0.4, 0.5) is 0 Å². The van der Waals surface area contributed by atoms with Gasteiger partial charge in [-0.15, -0.1) is 0 Å². The SMILES string of the molecule is CC(C)C(=O)N(C)C(OP(=O)(O)O)N(C)C(=O)C(C)C. The third-order valence-electron chi connectivity index (χ3n) is 2.58. The molecule has 8 nitrogen and oxygen atoms in total. The number of phosphoric ester groups is 1. The number of carbonyl (C=O) groups is 2. The maximum absolute atomic E-state index is 11.9. The van der Waals surface area contributed by atoms with E-state index in [-0.39, 0.29) is 0 Å². The van der Waals surface area contributed by atoms with Crippen LogP contribution in [0.2, 0.25) is 0 Å². The van der Waals surface area contributed by atoms with Crippen molar-refractivity contribution < 1.29 is 28.5 Å². The van der Waals surface area contributed by atoms with Crippen molar-refractivity contribution in [3.05, 3.63) is 0 Å². The molecular formula is C11H23N2O6P. The van der Waals surface area contributed by atoms with Crippen LogP contribution >= 0.6 is 7.82 Å². The van der Waals surface area contributed by atoms with Gasteiger partial charge >= 0.3 is 7.82 Å². The van der Waals surface area contributed by atoms with E-state index in [4.69, 9.17) is 9.79 Å². The summed E-state index contributed by atoms with van der Waals surface area (Å²) >= 11 is 0. The summed E-state index contributed by atoms with van der Waals surface area (Å²) in [5.74, 6) is -1.59. The highest BCUT2D eigenvalue weighted by Crippen LogP contribution is 2.39. The van der Waals surface area contributed by atoms with Crippen LogP contribution in [-0.2, 0) is 18.7 Å². The van der Waals surface area contributed by atoms with Crippen LogP contribution in [0.5, 0.6) is 0 Å². The van der Waals surface area contributed by atoms with Crippen molar-refractivity contribution >= 4 is 19.6 Å². The summed E-state index contributed by atoms with van der Waals surface area (Å²) in [6, 6.07) is 0. The van der Waals surface area contributed by atoms with Gasteiger partial charge in [0.1, 0.15) is 0 Å². The normalized spacial score (nSPS) is 12.2. The predicted molar refractivity (Wildman–Crippen MR) is 72.1 cm³/mol. The molecule has 0 atom stereocenters. The number of hydrogen-bond acceptors (Lipinski definition) is 4. The first-order chi connectivity index (χ1) is 8.88. The molecule has 0 saturated carbocycles. The molecule has 0 aromatic heterocycles. The van der Waals surface area contributed by atoms with Gasteiger partial charge in [0.05, 0.1) is 0 Å². The fraction of sp³-hybridized carbons (Fsp3) is 0.818. The Morgan fingerprint density at radius 1 is 0.950 bits per heavy atom. The lowest BCUT2D eigenvalue weighted by Crippen LogP contribution is -2.52. The van der Waals surface area contributed by atoms with Crippen molar-refractivity contribution in [2.24, 2.45) is 11.8 Å². The number of phosphoric acid groups is 1. The van der Waals surface area contributed by atoms with Gasteiger partial charge in [0.15, 0.2) is 0 Å². The van der Waals surface area contributed by atoms with Crippen molar-refractivity contribution in [2.45, 2.75) is 34.0 Å². The second kappa shape index (κ2) is 7.17. The molecule has 0 aromatic rings. The van der Waals surface area contributed by atoms with Gasteiger partial charge in [-0.25, -0.2) is 9.09 Å². The van der Waals surface area contributed by atoms with Crippen LogP contribution in [0.3, 0.4) is 0 Å². The van der Waals surface area contributed by atoms with Gasteiger partial charge in [-0.3, -0.25) is 9.59 Å². The molecule has 0 aliphatic rings. The molecule has 2 amide bonds. The predicted octanol–water partition coefficient (Wildman–Crippen LogP) is 0.608. The molecular weight excluding hydrogens is 287 g/mol. The van der Waals surface area contributed by atoms with E-state index in [0.29, 0.717) is 0 Å². The van der Waals surface area contributed by atoms with Crippen LogP contribution in [0.1, 0.15) is 27.7 Å². The van der Waals surface area contributed by atoms with Crippen LogP contribution in [0.25, 0.3) is 0 Å². The second-order valence-corrected chi connectivity index (χ2v) is 6.32. The molecule has 0 fully saturated rings. The van der Waals surface area contributed by atoms with Crippen LogP contribution in [-0.4, -0.2) is 51.8 Å². The molecule has 0 aliphatic carbocycles. The minimum atomic E-state index is -4.86. The Bertz CT molecular complexity index is 380. The zero-order valence-corrected chi connectivity index (χ0v) is 13.5. The monoisotopic (exact) mass is 310 g/mol. The van der Waals surface area contributed by atoms with Gasteiger partial charge in [-0.1, -0.05) is 27.7 Å². The first-order valence-corrected chi connectivity index (χ1v) is 7.68. The van der Waals surface area contributed by atoms with E-state index in [2.05, 4.69) is 4.52 Å². The highest BCUT2D eigenvalue weighted by molar-refractivity contribution is 7.46. The minimum absolute atomic E-state index is 0.396. The van der Waals surface area contributed by atoms with Gasteiger partial charge < -0.3 is 19.6 Å². The Labute approximate surface area is 118 Å². The molecule has 9 heteroatoms. The van der Waals surface area contributed by atoms with E-state index in [0.717, 1.165) is 9.80 Å². The quantitative estimate of drug-likeness (QED) is 0.550. The molecule has 0 aromatic carbocycles. The Kier molecular flexibility index (Phi) is 6.83. The highest BCUT2D eigenvalue weighted by Gasteiger charge is 2.35. The van der Waals surface area contributed by atoms with Crippen molar-refractivity contribution in [3.8, 4) is 0 Å². The standard InChI is InChI=1S/C11H23N2O6P/c1-7(2)9(14)12(5)11(19-20(16,17)18)13(6)10(15)8(3)4/h7-8,11H,1-6H3,(H2,16,17,18). The molecule has 0 heterocycles. The summed E-state index contributed by atoms with van der Waals surface area (Å²) in [5, 5.41) is 0. The van der Waals surface area contributed by atoms with E-state index in [1.54, 1.807) is 27.7 Å². The summed E-state index contributed by atoms with van der Waals surface area (Å²) in [6.45, 7) is 6.55. The maximum Gasteiger partial charge on any atom is 0.472 e. The Balaban J connectivity index is 5.33. The number of nitrogens with zero attached hydrogens (tertiary/aromatic N) is 2. The summed E-state index contributed by atoms with van der Waals surface area (Å²) < 4.78 is 15.6. The number of hydrogen-bond donors (Lipinski definition) is 2. The van der Waals surface area contributed by atoms with Gasteiger partial charge in [-0.05, 0) is 0 Å². The molecule has 0 bridgehead atoms. The molecule has 0 unspecified atom stereocenters. The molecule has 0 aliphatic heterocycles. The van der Waals surface area contributed by atoms with Crippen molar-refractivity contribution in [1.29, 1.82) is 0 Å². The lowest BCUT2D eigenvalue weighted by atomic mass is 10.2. The fourth-order valence-corrected chi connectivity index (χ4v) is 2.08. The molecule has 118 valence electrons. The van der Waals surface area contributed by atoms with Crippen LogP contribution in [0.15, 0.2) is 0 Å². The van der Waals surface area contributed by atoms with Gasteiger partial charge in [-0.2, -0.15) is 0 Å². The van der Waals surface area contributed by atoms with E-state index in [1.807, 2.05) is 0 Å². The van der Waals surface area contributed by atoms with E-state index in [1.165, 1.54) is 14.1 Å². The number of rotatable bonds is 6. The van der Waals surface area contributed by atoms with Gasteiger partial charge in [0.2, 0.25) is 18.2 Å². The fourth-order valence-electron chi connectivity index (χ4n) is 1.56. The summed E-state index contributed by atoms with van der Waals surface area (Å²) in [4.78, 5) is 43.7. The van der Waals surface area contributed by atoms with Crippen molar-refractivity contribution in [3.63, 3.8) is 0 Å². The molecule has 2 N–H and O–H groups in total. The third kappa shape index (κ3) is 5.58. The largest absolute Gasteiger partial charge is 0.472 e. The smallest absolute Gasteiger partial charge is 0.303 e. The first-order valence-electron chi connectivity index (χ1n) is 6.15. The van der Waals surface area contributed by atoms with E-state index in [9.17, 15) is 14.2 Å². The Morgan fingerprint density at radius 3 is 1.45 bits per heavy atom. The lowest BCUT2D eigenvalue weighted by molar-refractivity contribution is -0.164. The molecule has 20 heavy (non-hydrogen) atoms. The highest BCUT2D eigenvalue weighted by atomic mass is 31.2. The Hall–Kier alpha value is -0.950. The average molecular weight is 310 g/mol. The van der Waals surface area contributed by atoms with E-state index >= 15 is 0 Å². The zero-order chi connectivity index (χ0) is 16.2. The minimum Gasteiger partial charge on any atom is -0.303 e. The van der Waals surface area contributed by atoms with Crippen LogP contribution < -0.4 is 0 Å². The van der Waals surface area contributed by atoms with E-state index < -0.39 is 37.8 Å². The van der Waals surface area contributed by atoms with Crippen LogP contribution in [0, 0.1) is 11.8 Å². The molecule has 0 saturated heterocycles. The second-order valence-electron chi connectivity index (χ2n) is 5.13. The first kappa shape index (κ1) is 19.1. The summed E-state index contributed by atoms with van der Waals surface area (Å²) in [6.07, 6.45) is -1.46. The number of carbonyl (C=O) groups excluding carboxylic acids is 2.